The maximum absolute atomic E-state index is 6.07. The third kappa shape index (κ3) is 4.92. The van der Waals surface area contributed by atoms with Crippen LogP contribution in [0.4, 0.5) is 0 Å². The zero-order valence-corrected chi connectivity index (χ0v) is 13.0. The number of hydrogen-bond acceptors (Lipinski definition) is 2. The van der Waals surface area contributed by atoms with E-state index in [0.29, 0.717) is 6.10 Å². The van der Waals surface area contributed by atoms with Gasteiger partial charge in [0.2, 0.25) is 0 Å². The molecule has 0 aliphatic heterocycles. The molecule has 0 radical (unpaired) electrons. The molecule has 1 aliphatic rings. The lowest BCUT2D eigenvalue weighted by Crippen LogP contribution is -2.35. The van der Waals surface area contributed by atoms with E-state index < -0.39 is 0 Å². The lowest BCUT2D eigenvalue weighted by molar-refractivity contribution is 0.0114. The van der Waals surface area contributed by atoms with E-state index >= 15 is 0 Å². The number of aryl methyl sites for hydroxylation is 1. The summed E-state index contributed by atoms with van der Waals surface area (Å²) >= 11 is 0. The second-order valence-electron chi connectivity index (χ2n) is 5.91. The Morgan fingerprint density at radius 1 is 1.00 bits per heavy atom. The summed E-state index contributed by atoms with van der Waals surface area (Å²) in [4.78, 5) is 0. The zero-order chi connectivity index (χ0) is 14.2. The second-order valence-corrected chi connectivity index (χ2v) is 5.91. The smallest absolute Gasteiger partial charge is 0.0720 e. The van der Waals surface area contributed by atoms with E-state index in [2.05, 4.69) is 43.4 Å². The minimum absolute atomic E-state index is 0.459. The average Bonchev–Trinajstić information content (AvgIpc) is 2.52. The van der Waals surface area contributed by atoms with Crippen LogP contribution in [-0.4, -0.2) is 18.7 Å². The molecule has 0 amide bonds. The van der Waals surface area contributed by atoms with Gasteiger partial charge in [0.25, 0.3) is 0 Å². The Balaban J connectivity index is 1.67. The highest BCUT2D eigenvalue weighted by atomic mass is 16.5. The first-order valence-electron chi connectivity index (χ1n) is 8.24. The summed E-state index contributed by atoms with van der Waals surface area (Å²) in [6, 6.07) is 9.55. The Morgan fingerprint density at radius 3 is 2.25 bits per heavy atom. The monoisotopic (exact) mass is 275 g/mol. The van der Waals surface area contributed by atoms with Gasteiger partial charge < -0.3 is 10.1 Å². The maximum Gasteiger partial charge on any atom is 0.0720 e. The third-order valence-electron chi connectivity index (χ3n) is 4.27. The Hall–Kier alpha value is -0.860. The molecule has 0 spiro atoms. The fraction of sp³-hybridized carbons (Fsp3) is 0.667. The second kappa shape index (κ2) is 8.43. The predicted molar refractivity (Wildman–Crippen MR) is 84.9 cm³/mol. The Labute approximate surface area is 123 Å². The molecule has 1 fully saturated rings. The van der Waals surface area contributed by atoms with Crippen molar-refractivity contribution in [2.75, 3.05) is 6.54 Å². The number of rotatable bonds is 7. The highest BCUT2D eigenvalue weighted by Gasteiger charge is 2.20. The first kappa shape index (κ1) is 15.5. The Kier molecular flexibility index (Phi) is 6.55. The van der Waals surface area contributed by atoms with Gasteiger partial charge >= 0.3 is 0 Å². The van der Waals surface area contributed by atoms with Crippen LogP contribution in [0.25, 0.3) is 0 Å². The topological polar surface area (TPSA) is 21.3 Å². The van der Waals surface area contributed by atoms with E-state index in [1.54, 1.807) is 0 Å². The van der Waals surface area contributed by atoms with E-state index in [9.17, 15) is 0 Å². The normalized spacial score (nSPS) is 22.9. The van der Waals surface area contributed by atoms with Crippen LogP contribution in [0.2, 0.25) is 0 Å². The van der Waals surface area contributed by atoms with Crippen LogP contribution < -0.4 is 5.32 Å². The predicted octanol–water partition coefficient (Wildman–Crippen LogP) is 4.08. The van der Waals surface area contributed by atoms with Gasteiger partial charge in [-0.3, -0.25) is 0 Å². The number of benzene rings is 1. The quantitative estimate of drug-likeness (QED) is 0.809. The molecule has 0 unspecified atom stereocenters. The van der Waals surface area contributed by atoms with Gasteiger partial charge in [-0.2, -0.15) is 0 Å². The molecule has 1 aromatic rings. The summed E-state index contributed by atoms with van der Waals surface area (Å²) in [5, 5.41) is 3.62. The molecule has 2 nitrogen and oxygen atoms in total. The van der Waals surface area contributed by atoms with Crippen LogP contribution in [0.5, 0.6) is 0 Å². The van der Waals surface area contributed by atoms with Gasteiger partial charge in [-0.25, -0.2) is 0 Å². The molecule has 20 heavy (non-hydrogen) atoms. The summed E-state index contributed by atoms with van der Waals surface area (Å²) in [5.74, 6) is 0. The summed E-state index contributed by atoms with van der Waals surface area (Å²) in [6.07, 6.45) is 7.72. The molecule has 1 aliphatic carbocycles. The summed E-state index contributed by atoms with van der Waals surface area (Å²) < 4.78 is 6.07. The number of ether oxygens (including phenoxy) is 1. The van der Waals surface area contributed by atoms with Crippen molar-refractivity contribution >= 4 is 0 Å². The molecule has 0 saturated heterocycles. The van der Waals surface area contributed by atoms with Crippen LogP contribution >= 0.6 is 0 Å². The molecule has 0 bridgehead atoms. The van der Waals surface area contributed by atoms with Gasteiger partial charge in [0, 0.05) is 6.04 Å². The van der Waals surface area contributed by atoms with Crippen LogP contribution in [0.3, 0.4) is 0 Å². The van der Waals surface area contributed by atoms with Gasteiger partial charge in [0.05, 0.1) is 12.7 Å². The van der Waals surface area contributed by atoms with Crippen molar-refractivity contribution < 1.29 is 4.74 Å². The van der Waals surface area contributed by atoms with E-state index in [4.69, 9.17) is 4.74 Å². The van der Waals surface area contributed by atoms with Crippen molar-refractivity contribution in [2.24, 2.45) is 0 Å². The molecule has 1 N–H and O–H groups in total. The zero-order valence-electron chi connectivity index (χ0n) is 13.0. The first-order chi connectivity index (χ1) is 9.81. The molecular weight excluding hydrogens is 246 g/mol. The molecule has 1 aromatic carbocycles. The van der Waals surface area contributed by atoms with E-state index in [0.717, 1.165) is 25.6 Å². The molecule has 112 valence electrons. The molecule has 2 rings (SSSR count). The van der Waals surface area contributed by atoms with Crippen molar-refractivity contribution in [1.82, 2.24) is 5.32 Å². The van der Waals surface area contributed by atoms with Gasteiger partial charge in [0.1, 0.15) is 0 Å². The van der Waals surface area contributed by atoms with Crippen LogP contribution in [0, 0.1) is 0 Å². The highest BCUT2D eigenvalue weighted by Crippen LogP contribution is 2.22. The number of nitrogens with one attached hydrogen (secondary N) is 1. The fourth-order valence-electron chi connectivity index (χ4n) is 2.87. The molecule has 2 heteroatoms. The van der Waals surface area contributed by atoms with Gasteiger partial charge in [0.15, 0.2) is 0 Å². The van der Waals surface area contributed by atoms with E-state index in [-0.39, 0.29) is 0 Å². The standard InChI is InChI=1S/C18H29NO/c1-3-13-19-17-9-11-18(12-10-17)20-14-16-7-5-15(4-2)6-8-16/h5-8,17-19H,3-4,9-14H2,1-2H3. The Morgan fingerprint density at radius 2 is 1.65 bits per heavy atom. The summed E-state index contributed by atoms with van der Waals surface area (Å²) in [7, 11) is 0. The SMILES string of the molecule is CCCNC1CCC(OCc2ccc(CC)cc2)CC1. The fourth-order valence-corrected chi connectivity index (χ4v) is 2.87. The lowest BCUT2D eigenvalue weighted by atomic mass is 9.93. The first-order valence-corrected chi connectivity index (χ1v) is 8.24. The molecule has 0 heterocycles. The Bertz CT molecular complexity index is 366. The lowest BCUT2D eigenvalue weighted by Gasteiger charge is -2.29. The van der Waals surface area contributed by atoms with Crippen molar-refractivity contribution in [3.63, 3.8) is 0 Å². The van der Waals surface area contributed by atoms with Crippen molar-refractivity contribution in [1.29, 1.82) is 0 Å². The maximum atomic E-state index is 6.07. The van der Waals surface area contributed by atoms with Crippen LogP contribution in [0.15, 0.2) is 24.3 Å². The molecule has 0 aromatic heterocycles. The van der Waals surface area contributed by atoms with Gasteiger partial charge in [-0.1, -0.05) is 38.1 Å². The van der Waals surface area contributed by atoms with Crippen molar-refractivity contribution in [3.05, 3.63) is 35.4 Å². The largest absolute Gasteiger partial charge is 0.374 e. The third-order valence-corrected chi connectivity index (χ3v) is 4.27. The molecule has 0 atom stereocenters. The van der Waals surface area contributed by atoms with Crippen molar-refractivity contribution in [2.45, 2.75) is 71.1 Å². The van der Waals surface area contributed by atoms with Gasteiger partial charge in [-0.05, 0) is 56.2 Å². The van der Waals surface area contributed by atoms with Crippen LogP contribution in [0.1, 0.15) is 57.1 Å². The van der Waals surface area contributed by atoms with Gasteiger partial charge in [-0.15, -0.1) is 0 Å². The average molecular weight is 275 g/mol. The van der Waals surface area contributed by atoms with Crippen molar-refractivity contribution in [3.8, 4) is 0 Å². The van der Waals surface area contributed by atoms with E-state index in [1.165, 1.54) is 43.2 Å². The summed E-state index contributed by atoms with van der Waals surface area (Å²) in [5.41, 5.74) is 2.70. The summed E-state index contributed by atoms with van der Waals surface area (Å²) in [6.45, 7) is 6.34. The number of hydrogen-bond donors (Lipinski definition) is 1. The minimum Gasteiger partial charge on any atom is -0.374 e. The molecular formula is C18H29NO. The highest BCUT2D eigenvalue weighted by molar-refractivity contribution is 5.21. The molecule has 1 saturated carbocycles. The minimum atomic E-state index is 0.459. The van der Waals surface area contributed by atoms with Crippen LogP contribution in [-0.2, 0) is 17.8 Å². The van der Waals surface area contributed by atoms with E-state index in [1.807, 2.05) is 0 Å².